The summed E-state index contributed by atoms with van der Waals surface area (Å²) >= 11 is 0. The lowest BCUT2D eigenvalue weighted by atomic mass is 9.84. The van der Waals surface area contributed by atoms with Gasteiger partial charge in [0.05, 0.1) is 0 Å². The Labute approximate surface area is 329 Å². The second kappa shape index (κ2) is 14.9. The number of fused-ring (bicyclic) bond motifs is 3. The lowest BCUT2D eigenvalue weighted by Gasteiger charge is -2.27. The Bertz CT molecular complexity index is 2760. The van der Waals surface area contributed by atoms with Crippen LogP contribution in [0.3, 0.4) is 0 Å². The van der Waals surface area contributed by atoms with Gasteiger partial charge in [-0.15, -0.1) is 0 Å². The maximum atomic E-state index is 6.42. The van der Waals surface area contributed by atoms with E-state index in [4.69, 9.17) is 4.42 Å². The normalized spacial score (nSPS) is 13.3. The Balaban J connectivity index is 1.11. The Morgan fingerprint density at radius 2 is 0.929 bits per heavy atom. The van der Waals surface area contributed by atoms with Crippen molar-refractivity contribution in [3.8, 4) is 44.5 Å². The Kier molecular flexibility index (Phi) is 9.01. The van der Waals surface area contributed by atoms with E-state index in [0.717, 1.165) is 39.0 Å². The van der Waals surface area contributed by atoms with E-state index in [9.17, 15) is 0 Å². The topological polar surface area (TPSA) is 16.4 Å². The van der Waals surface area contributed by atoms with Gasteiger partial charge in [0.25, 0.3) is 0 Å². The zero-order valence-corrected chi connectivity index (χ0v) is 31.4. The van der Waals surface area contributed by atoms with Gasteiger partial charge in [-0.25, -0.2) is 0 Å². The first-order valence-electron chi connectivity index (χ1n) is 20.0. The van der Waals surface area contributed by atoms with Gasteiger partial charge in [0.15, 0.2) is 0 Å². The molecule has 1 fully saturated rings. The third kappa shape index (κ3) is 6.37. The molecule has 1 aliphatic carbocycles. The van der Waals surface area contributed by atoms with Crippen LogP contribution in [0.4, 0.5) is 17.1 Å². The van der Waals surface area contributed by atoms with E-state index in [1.54, 1.807) is 0 Å². The van der Waals surface area contributed by atoms with Gasteiger partial charge >= 0.3 is 0 Å². The summed E-state index contributed by atoms with van der Waals surface area (Å²) in [5, 5.41) is 2.27. The Morgan fingerprint density at radius 3 is 1.66 bits per heavy atom. The number of nitrogens with zero attached hydrogens (tertiary/aromatic N) is 1. The molecule has 9 aromatic rings. The lowest BCUT2D eigenvalue weighted by molar-refractivity contribution is 0.443. The fraction of sp³-hybridized carbons (Fsp3) is 0.111. The lowest BCUT2D eigenvalue weighted by Crippen LogP contribution is -2.10. The molecule has 0 N–H and O–H groups in total. The van der Waals surface area contributed by atoms with E-state index in [1.807, 2.05) is 6.07 Å². The van der Waals surface area contributed by atoms with E-state index >= 15 is 0 Å². The highest BCUT2D eigenvalue weighted by Gasteiger charge is 2.21. The van der Waals surface area contributed by atoms with E-state index in [0.29, 0.717) is 5.92 Å². The molecule has 56 heavy (non-hydrogen) atoms. The third-order valence-corrected chi connectivity index (χ3v) is 11.7. The van der Waals surface area contributed by atoms with Gasteiger partial charge in [0.2, 0.25) is 0 Å². The summed E-state index contributed by atoms with van der Waals surface area (Å²) in [6.45, 7) is 0. The molecular formula is C54H43NO. The zero-order valence-electron chi connectivity index (χ0n) is 31.4. The van der Waals surface area contributed by atoms with Crippen LogP contribution in [0.25, 0.3) is 66.4 Å². The van der Waals surface area contributed by atoms with Gasteiger partial charge in [0, 0.05) is 33.9 Å². The summed E-state index contributed by atoms with van der Waals surface area (Å²) in [5.41, 5.74) is 16.2. The predicted molar refractivity (Wildman–Crippen MR) is 236 cm³/mol. The number of para-hydroxylation sites is 1. The number of benzene rings is 8. The molecule has 0 radical (unpaired) electrons. The first kappa shape index (κ1) is 33.9. The van der Waals surface area contributed by atoms with Crippen molar-refractivity contribution in [1.29, 1.82) is 0 Å². The number of rotatable bonds is 8. The standard InChI is InChI=1S/C54H43NO/c1-4-15-38(16-5-1)39-27-31-43(32-28-39)55(45-35-36-50-49-23-12-13-26-52(49)56-53(50)37-45)44-33-29-42(30-34-44)54-47(41-19-8-3-9-20-41)24-14-25-51(54)48-22-11-10-21-46(48)40-17-6-2-7-18-40/h2-3,6-14,17-38H,1,4-5,15-16H2. The van der Waals surface area contributed by atoms with E-state index in [-0.39, 0.29) is 0 Å². The number of hydrogen-bond donors (Lipinski definition) is 0. The maximum Gasteiger partial charge on any atom is 0.137 e. The number of anilines is 3. The monoisotopic (exact) mass is 721 g/mol. The largest absolute Gasteiger partial charge is 0.456 e. The minimum Gasteiger partial charge on any atom is -0.456 e. The Morgan fingerprint density at radius 1 is 0.375 bits per heavy atom. The SMILES string of the molecule is c1ccc(-c2ccccc2-c2cccc(-c3ccccc3)c2-c2ccc(N(c3ccc(C4CCCCC4)cc3)c3ccc4c(c3)oc3ccccc34)cc2)cc1. The van der Waals surface area contributed by atoms with Crippen LogP contribution < -0.4 is 4.90 Å². The average Bonchev–Trinajstić information content (AvgIpc) is 3.66. The van der Waals surface area contributed by atoms with Crippen LogP contribution in [0.5, 0.6) is 0 Å². The maximum absolute atomic E-state index is 6.42. The highest BCUT2D eigenvalue weighted by molar-refractivity contribution is 6.06. The fourth-order valence-electron chi connectivity index (χ4n) is 8.94. The van der Waals surface area contributed by atoms with Crippen LogP contribution in [-0.4, -0.2) is 0 Å². The van der Waals surface area contributed by atoms with E-state index in [1.165, 1.54) is 82.2 Å². The van der Waals surface area contributed by atoms with Crippen molar-refractivity contribution in [2.75, 3.05) is 4.90 Å². The molecule has 270 valence electrons. The van der Waals surface area contributed by atoms with Crippen LogP contribution in [0.1, 0.15) is 43.6 Å². The molecule has 1 saturated carbocycles. The highest BCUT2D eigenvalue weighted by Crippen LogP contribution is 2.45. The quantitative estimate of drug-likeness (QED) is 0.155. The molecular weight excluding hydrogens is 679 g/mol. The summed E-state index contributed by atoms with van der Waals surface area (Å²) in [7, 11) is 0. The van der Waals surface area contributed by atoms with Gasteiger partial charge in [-0.2, -0.15) is 0 Å². The second-order valence-electron chi connectivity index (χ2n) is 15.1. The zero-order chi connectivity index (χ0) is 37.3. The van der Waals surface area contributed by atoms with Crippen molar-refractivity contribution in [2.24, 2.45) is 0 Å². The van der Waals surface area contributed by atoms with Gasteiger partial charge < -0.3 is 9.32 Å². The Hall–Kier alpha value is -6.64. The van der Waals surface area contributed by atoms with Crippen LogP contribution >= 0.6 is 0 Å². The summed E-state index contributed by atoms with van der Waals surface area (Å²) in [5.74, 6) is 0.656. The van der Waals surface area contributed by atoms with Gasteiger partial charge in [-0.05, 0) is 111 Å². The third-order valence-electron chi connectivity index (χ3n) is 11.7. The summed E-state index contributed by atoms with van der Waals surface area (Å²) < 4.78 is 6.42. The molecule has 0 saturated heterocycles. The molecule has 2 heteroatoms. The van der Waals surface area contributed by atoms with Gasteiger partial charge in [-0.3, -0.25) is 0 Å². The molecule has 0 spiro atoms. The van der Waals surface area contributed by atoms with Crippen molar-refractivity contribution in [3.05, 3.63) is 200 Å². The van der Waals surface area contributed by atoms with Crippen molar-refractivity contribution < 1.29 is 4.42 Å². The molecule has 8 aromatic carbocycles. The van der Waals surface area contributed by atoms with Gasteiger partial charge in [0.1, 0.15) is 11.2 Å². The van der Waals surface area contributed by atoms with E-state index < -0.39 is 0 Å². The van der Waals surface area contributed by atoms with Crippen molar-refractivity contribution in [3.63, 3.8) is 0 Å². The van der Waals surface area contributed by atoms with Crippen LogP contribution in [0.2, 0.25) is 0 Å². The molecule has 1 aromatic heterocycles. The number of hydrogen-bond acceptors (Lipinski definition) is 2. The van der Waals surface area contributed by atoms with Crippen molar-refractivity contribution in [2.45, 2.75) is 38.0 Å². The van der Waals surface area contributed by atoms with Crippen molar-refractivity contribution in [1.82, 2.24) is 0 Å². The molecule has 2 nitrogen and oxygen atoms in total. The molecule has 1 aliphatic rings. The minimum atomic E-state index is 0.656. The predicted octanol–water partition coefficient (Wildman–Crippen LogP) is 15.8. The van der Waals surface area contributed by atoms with E-state index in [2.05, 4.69) is 193 Å². The van der Waals surface area contributed by atoms with Crippen LogP contribution in [-0.2, 0) is 0 Å². The van der Waals surface area contributed by atoms with Gasteiger partial charge in [-0.1, -0.05) is 165 Å². The van der Waals surface area contributed by atoms with Crippen LogP contribution in [0.15, 0.2) is 199 Å². The van der Waals surface area contributed by atoms with Crippen molar-refractivity contribution >= 4 is 39.0 Å². The molecule has 1 heterocycles. The smallest absolute Gasteiger partial charge is 0.137 e. The minimum absolute atomic E-state index is 0.656. The summed E-state index contributed by atoms with van der Waals surface area (Å²) in [6.07, 6.45) is 6.59. The molecule has 0 bridgehead atoms. The first-order chi connectivity index (χ1) is 27.8. The highest BCUT2D eigenvalue weighted by atomic mass is 16.3. The molecule has 0 atom stereocenters. The molecule has 0 unspecified atom stereocenters. The van der Waals surface area contributed by atoms with Crippen LogP contribution in [0, 0.1) is 0 Å². The molecule has 0 aliphatic heterocycles. The second-order valence-corrected chi connectivity index (χ2v) is 15.1. The first-order valence-corrected chi connectivity index (χ1v) is 20.0. The summed E-state index contributed by atoms with van der Waals surface area (Å²) in [4.78, 5) is 2.37. The fourth-order valence-corrected chi connectivity index (χ4v) is 8.94. The molecule has 0 amide bonds. The summed E-state index contributed by atoms with van der Waals surface area (Å²) in [6, 6.07) is 70.5. The molecule has 10 rings (SSSR count). The number of furan rings is 1. The average molecular weight is 722 g/mol.